The summed E-state index contributed by atoms with van der Waals surface area (Å²) in [6.07, 6.45) is 5.22. The van der Waals surface area contributed by atoms with Gasteiger partial charge < -0.3 is 0 Å². The molecule has 2 aliphatic heterocycles. The quantitative estimate of drug-likeness (QED) is 0.578. The first-order valence-corrected chi connectivity index (χ1v) is 7.18. The summed E-state index contributed by atoms with van der Waals surface area (Å²) in [7, 11) is 0. The van der Waals surface area contributed by atoms with E-state index in [-0.39, 0.29) is 0 Å². The summed E-state index contributed by atoms with van der Waals surface area (Å²) < 4.78 is 2.53. The van der Waals surface area contributed by atoms with Crippen LogP contribution in [0.25, 0.3) is 0 Å². The van der Waals surface area contributed by atoms with E-state index in [0.29, 0.717) is 5.92 Å². The average molecular weight is 338 g/mol. The van der Waals surface area contributed by atoms with Crippen molar-refractivity contribution in [3.8, 4) is 6.07 Å². The van der Waals surface area contributed by atoms with Crippen LogP contribution in [0.15, 0.2) is 24.3 Å². The van der Waals surface area contributed by atoms with Gasteiger partial charge in [-0.25, -0.2) is 3.11 Å². The minimum Gasteiger partial charge on any atom is -0.241 e. The van der Waals surface area contributed by atoms with E-state index in [4.69, 9.17) is 5.26 Å². The molecule has 2 saturated heterocycles. The molecule has 0 amide bonds. The van der Waals surface area contributed by atoms with Crippen molar-refractivity contribution < 1.29 is 0 Å². The lowest BCUT2D eigenvalue weighted by Gasteiger charge is -2.34. The highest BCUT2D eigenvalue weighted by Gasteiger charge is 2.39. The largest absolute Gasteiger partial charge is 0.241 e. The topological polar surface area (TPSA) is 27.0 Å². The Kier molecular flexibility index (Phi) is 3.10. The molecule has 2 atom stereocenters. The van der Waals surface area contributed by atoms with Crippen LogP contribution in [0.3, 0.4) is 0 Å². The molecule has 0 radical (unpaired) electrons. The predicted molar refractivity (Wildman–Crippen MR) is 75.8 cm³/mol. The molecule has 2 fully saturated rings. The summed E-state index contributed by atoms with van der Waals surface area (Å²) in [5, 5.41) is 8.96. The minimum absolute atomic E-state index is 0.659. The molecule has 3 heteroatoms. The van der Waals surface area contributed by atoms with Crippen molar-refractivity contribution in [2.45, 2.75) is 43.7 Å². The number of benzene rings is 1. The van der Waals surface area contributed by atoms with Gasteiger partial charge in [0, 0.05) is 34.9 Å². The number of fused-ring (bicyclic) bond motifs is 2. The molecule has 2 unspecified atom stereocenters. The zero-order chi connectivity index (χ0) is 11.8. The van der Waals surface area contributed by atoms with Crippen LogP contribution in [0.5, 0.6) is 0 Å². The van der Waals surface area contributed by atoms with Gasteiger partial charge in [-0.1, -0.05) is 12.1 Å². The van der Waals surface area contributed by atoms with E-state index in [9.17, 15) is 0 Å². The summed E-state index contributed by atoms with van der Waals surface area (Å²) in [6.45, 7) is 0. The number of hydrogen-bond donors (Lipinski definition) is 0. The fourth-order valence-corrected chi connectivity index (χ4v) is 4.27. The van der Waals surface area contributed by atoms with Gasteiger partial charge in [0.2, 0.25) is 0 Å². The highest BCUT2D eigenvalue weighted by molar-refractivity contribution is 14.1. The first-order valence-electron chi connectivity index (χ1n) is 6.22. The van der Waals surface area contributed by atoms with Gasteiger partial charge in [0.05, 0.1) is 11.6 Å². The van der Waals surface area contributed by atoms with Crippen molar-refractivity contribution in [3.63, 3.8) is 0 Å². The van der Waals surface area contributed by atoms with Crippen LogP contribution in [0.4, 0.5) is 0 Å². The maximum Gasteiger partial charge on any atom is 0.0991 e. The third kappa shape index (κ3) is 2.09. The van der Waals surface area contributed by atoms with Crippen molar-refractivity contribution >= 4 is 22.9 Å². The lowest BCUT2D eigenvalue weighted by atomic mass is 9.86. The molecule has 17 heavy (non-hydrogen) atoms. The molecule has 1 aromatic carbocycles. The number of halogens is 1. The van der Waals surface area contributed by atoms with Gasteiger partial charge in [0.25, 0.3) is 0 Å². The number of nitriles is 1. The Morgan fingerprint density at radius 2 is 1.94 bits per heavy atom. The summed E-state index contributed by atoms with van der Waals surface area (Å²) in [4.78, 5) is 0. The lowest BCUT2D eigenvalue weighted by Crippen LogP contribution is -2.34. The van der Waals surface area contributed by atoms with Gasteiger partial charge in [0.1, 0.15) is 0 Å². The van der Waals surface area contributed by atoms with E-state index in [1.165, 1.54) is 31.2 Å². The molecule has 0 saturated carbocycles. The van der Waals surface area contributed by atoms with E-state index in [2.05, 4.69) is 44.2 Å². The third-order valence-electron chi connectivity index (χ3n) is 4.13. The molecule has 0 N–H and O–H groups in total. The summed E-state index contributed by atoms with van der Waals surface area (Å²) in [6, 6.07) is 11.9. The van der Waals surface area contributed by atoms with Crippen molar-refractivity contribution in [1.29, 1.82) is 5.26 Å². The SMILES string of the molecule is N#Cc1cccc(C2CC3CCC(C2)N3I)c1. The zero-order valence-electron chi connectivity index (χ0n) is 9.64. The maximum absolute atomic E-state index is 8.96. The Morgan fingerprint density at radius 1 is 1.24 bits per heavy atom. The van der Waals surface area contributed by atoms with Gasteiger partial charge in [-0.3, -0.25) is 0 Å². The van der Waals surface area contributed by atoms with Crippen LogP contribution in [0.1, 0.15) is 42.7 Å². The van der Waals surface area contributed by atoms with Gasteiger partial charge in [-0.05, 0) is 49.3 Å². The van der Waals surface area contributed by atoms with Crippen LogP contribution in [-0.2, 0) is 0 Å². The molecule has 2 bridgehead atoms. The number of hydrogen-bond acceptors (Lipinski definition) is 2. The maximum atomic E-state index is 8.96. The van der Waals surface area contributed by atoms with Crippen LogP contribution in [0, 0.1) is 11.3 Å². The monoisotopic (exact) mass is 338 g/mol. The van der Waals surface area contributed by atoms with Crippen LogP contribution in [0.2, 0.25) is 0 Å². The fourth-order valence-electron chi connectivity index (χ4n) is 3.25. The van der Waals surface area contributed by atoms with Crippen LogP contribution >= 0.6 is 22.9 Å². The van der Waals surface area contributed by atoms with Crippen molar-refractivity contribution in [2.75, 3.05) is 0 Å². The highest BCUT2D eigenvalue weighted by Crippen LogP contribution is 2.44. The van der Waals surface area contributed by atoms with Gasteiger partial charge >= 0.3 is 0 Å². The predicted octanol–water partition coefficient (Wildman–Crippen LogP) is 3.62. The van der Waals surface area contributed by atoms with Gasteiger partial charge in [0.15, 0.2) is 0 Å². The molecule has 2 aliphatic rings. The normalized spacial score (nSPS) is 32.4. The van der Waals surface area contributed by atoms with Crippen molar-refractivity contribution in [1.82, 2.24) is 3.11 Å². The van der Waals surface area contributed by atoms with Crippen LogP contribution in [-0.4, -0.2) is 15.2 Å². The molecule has 3 rings (SSSR count). The Morgan fingerprint density at radius 3 is 2.59 bits per heavy atom. The first kappa shape index (κ1) is 11.5. The van der Waals surface area contributed by atoms with E-state index in [0.717, 1.165) is 17.6 Å². The second kappa shape index (κ2) is 4.58. The molecule has 1 aromatic rings. The number of rotatable bonds is 1. The molecular formula is C14H15IN2. The lowest BCUT2D eigenvalue weighted by molar-refractivity contribution is 0.267. The molecule has 2 nitrogen and oxygen atoms in total. The molecule has 2 heterocycles. The third-order valence-corrected chi connectivity index (χ3v) is 5.71. The first-order chi connectivity index (χ1) is 8.28. The zero-order valence-corrected chi connectivity index (χ0v) is 11.8. The number of piperidine rings is 1. The summed E-state index contributed by atoms with van der Waals surface area (Å²) in [5.41, 5.74) is 2.16. The fraction of sp³-hybridized carbons (Fsp3) is 0.500. The second-order valence-corrected chi connectivity index (χ2v) is 6.25. The highest BCUT2D eigenvalue weighted by atomic mass is 127. The van der Waals surface area contributed by atoms with Crippen molar-refractivity contribution in [2.24, 2.45) is 0 Å². The standard InChI is InChI=1S/C14H15IN2/c15-17-13-4-5-14(17)8-12(7-13)11-3-1-2-10(6-11)9-16/h1-3,6,12-14H,4-5,7-8H2. The van der Waals surface area contributed by atoms with E-state index < -0.39 is 0 Å². The molecular weight excluding hydrogens is 323 g/mol. The van der Waals surface area contributed by atoms with Gasteiger partial charge in [-0.15, -0.1) is 0 Å². The Bertz CT molecular complexity index is 452. The Hall–Kier alpha value is -0.600. The average Bonchev–Trinajstić information content (AvgIpc) is 2.61. The Labute approximate surface area is 116 Å². The van der Waals surface area contributed by atoms with E-state index >= 15 is 0 Å². The molecule has 0 spiro atoms. The molecule has 0 aliphatic carbocycles. The minimum atomic E-state index is 0.659. The van der Waals surface area contributed by atoms with E-state index in [1.807, 2.05) is 12.1 Å². The van der Waals surface area contributed by atoms with Crippen LogP contribution < -0.4 is 0 Å². The summed E-state index contributed by atoms with van der Waals surface area (Å²) >= 11 is 2.50. The molecule has 88 valence electrons. The molecule has 0 aromatic heterocycles. The van der Waals surface area contributed by atoms with E-state index in [1.54, 1.807) is 0 Å². The van der Waals surface area contributed by atoms with Crippen molar-refractivity contribution in [3.05, 3.63) is 35.4 Å². The smallest absolute Gasteiger partial charge is 0.0991 e. The van der Waals surface area contributed by atoms with Gasteiger partial charge in [-0.2, -0.15) is 5.26 Å². The summed E-state index contributed by atoms with van der Waals surface area (Å²) in [5.74, 6) is 0.659. The second-order valence-electron chi connectivity index (χ2n) is 5.13. The number of nitrogens with zero attached hydrogens (tertiary/aromatic N) is 2. The Balaban J connectivity index is 1.84.